The summed E-state index contributed by atoms with van der Waals surface area (Å²) in [5.41, 5.74) is 4.62. The molecular formula is C20H20N2O3. The summed E-state index contributed by atoms with van der Waals surface area (Å²) in [6, 6.07) is 11.7. The maximum Gasteiger partial charge on any atom is 0.311 e. The first-order valence-corrected chi connectivity index (χ1v) is 8.44. The molecular weight excluding hydrogens is 316 g/mol. The third-order valence-corrected chi connectivity index (χ3v) is 5.28. The molecule has 0 aromatic heterocycles. The number of hydrogen-bond donors (Lipinski definition) is 1. The molecule has 25 heavy (non-hydrogen) atoms. The zero-order valence-electron chi connectivity index (χ0n) is 14.2. The summed E-state index contributed by atoms with van der Waals surface area (Å²) in [5, 5.41) is 15.0. The Bertz CT molecular complexity index is 875. The lowest BCUT2D eigenvalue weighted by Gasteiger charge is -2.37. The number of rotatable bonds is 3. The van der Waals surface area contributed by atoms with Gasteiger partial charge in [-0.15, -0.1) is 0 Å². The number of nitro benzene ring substituents is 1. The third-order valence-electron chi connectivity index (χ3n) is 5.28. The number of nitrogens with zero attached hydrogens (tertiary/aromatic N) is 1. The molecule has 2 aromatic rings. The fourth-order valence-electron chi connectivity index (χ4n) is 4.09. The normalized spacial score (nSPS) is 23.5. The maximum absolute atomic E-state index is 11.4. The van der Waals surface area contributed by atoms with E-state index in [4.69, 9.17) is 4.74 Å². The summed E-state index contributed by atoms with van der Waals surface area (Å²) in [6.07, 6.45) is 5.46. The fourth-order valence-corrected chi connectivity index (χ4v) is 4.09. The molecule has 128 valence electrons. The minimum Gasteiger partial charge on any atom is -0.490 e. The molecule has 5 heteroatoms. The first kappa shape index (κ1) is 15.7. The highest BCUT2D eigenvalue weighted by molar-refractivity contribution is 5.61. The Balaban J connectivity index is 1.78. The number of allylic oxidation sites excluding steroid dienone is 2. The van der Waals surface area contributed by atoms with Crippen LogP contribution in [0.15, 0.2) is 48.6 Å². The number of methoxy groups -OCH3 is 1. The van der Waals surface area contributed by atoms with Crippen molar-refractivity contribution in [1.29, 1.82) is 0 Å². The van der Waals surface area contributed by atoms with Gasteiger partial charge in [0, 0.05) is 17.7 Å². The van der Waals surface area contributed by atoms with Crippen LogP contribution in [0.3, 0.4) is 0 Å². The topological polar surface area (TPSA) is 64.4 Å². The molecule has 1 heterocycles. The van der Waals surface area contributed by atoms with Crippen molar-refractivity contribution in [2.75, 3.05) is 12.4 Å². The quantitative estimate of drug-likeness (QED) is 0.499. The summed E-state index contributed by atoms with van der Waals surface area (Å²) in [5.74, 6) is 1.01. The molecule has 1 aliphatic carbocycles. The first-order chi connectivity index (χ1) is 12.1. The molecule has 5 nitrogen and oxygen atoms in total. The summed E-state index contributed by atoms with van der Waals surface area (Å²) in [7, 11) is 1.45. The van der Waals surface area contributed by atoms with E-state index in [1.165, 1.54) is 18.2 Å². The molecule has 3 atom stereocenters. The molecule has 0 fully saturated rings. The lowest BCUT2D eigenvalue weighted by molar-refractivity contribution is -0.385. The Morgan fingerprint density at radius 2 is 2.08 bits per heavy atom. The minimum absolute atomic E-state index is 0.0130. The number of ether oxygens (including phenoxy) is 1. The number of fused-ring (bicyclic) bond motifs is 3. The molecule has 1 aliphatic heterocycles. The fraction of sp³-hybridized carbons (Fsp3) is 0.300. The highest BCUT2D eigenvalue weighted by atomic mass is 16.6. The molecule has 4 rings (SSSR count). The van der Waals surface area contributed by atoms with Crippen LogP contribution in [0.25, 0.3) is 0 Å². The van der Waals surface area contributed by atoms with Crippen molar-refractivity contribution >= 4 is 11.4 Å². The summed E-state index contributed by atoms with van der Waals surface area (Å²) >= 11 is 0. The molecule has 0 radical (unpaired) electrons. The van der Waals surface area contributed by atoms with E-state index in [0.29, 0.717) is 17.6 Å². The lowest BCUT2D eigenvalue weighted by atomic mass is 9.76. The van der Waals surface area contributed by atoms with Crippen molar-refractivity contribution in [3.8, 4) is 5.75 Å². The number of nitro groups is 1. The smallest absolute Gasteiger partial charge is 0.311 e. The Labute approximate surface area is 146 Å². The van der Waals surface area contributed by atoms with Crippen LogP contribution in [0.4, 0.5) is 11.4 Å². The van der Waals surface area contributed by atoms with E-state index in [9.17, 15) is 10.1 Å². The van der Waals surface area contributed by atoms with E-state index in [1.807, 2.05) is 6.07 Å². The van der Waals surface area contributed by atoms with Gasteiger partial charge in [-0.3, -0.25) is 10.1 Å². The molecule has 0 spiro atoms. The van der Waals surface area contributed by atoms with Crippen molar-refractivity contribution in [2.24, 2.45) is 5.92 Å². The van der Waals surface area contributed by atoms with Crippen LogP contribution in [-0.2, 0) is 0 Å². The zero-order chi connectivity index (χ0) is 17.6. The third kappa shape index (κ3) is 2.56. The largest absolute Gasteiger partial charge is 0.490 e. The molecule has 0 bridgehead atoms. The van der Waals surface area contributed by atoms with Gasteiger partial charge >= 0.3 is 5.69 Å². The predicted molar refractivity (Wildman–Crippen MR) is 97.2 cm³/mol. The van der Waals surface area contributed by atoms with Crippen LogP contribution < -0.4 is 10.1 Å². The van der Waals surface area contributed by atoms with Crippen LogP contribution in [0, 0.1) is 23.0 Å². The van der Waals surface area contributed by atoms with E-state index in [-0.39, 0.29) is 16.7 Å². The SMILES string of the molecule is COc1ccc([C@@H]2Nc3ccc(C)cc3[C@@H]3C=CC[C@H]32)cc1[N+](=O)[O-]. The van der Waals surface area contributed by atoms with Crippen molar-refractivity contribution in [1.82, 2.24) is 0 Å². The van der Waals surface area contributed by atoms with Gasteiger partial charge in [0.15, 0.2) is 5.75 Å². The second-order valence-electron chi connectivity index (χ2n) is 6.75. The molecule has 2 aliphatic rings. The van der Waals surface area contributed by atoms with Crippen LogP contribution >= 0.6 is 0 Å². The van der Waals surface area contributed by atoms with E-state index in [1.54, 1.807) is 12.1 Å². The highest BCUT2D eigenvalue weighted by Gasteiger charge is 2.38. The Kier molecular flexibility index (Phi) is 3.71. The van der Waals surface area contributed by atoms with Gasteiger partial charge in [0.25, 0.3) is 0 Å². The van der Waals surface area contributed by atoms with Crippen LogP contribution in [0.2, 0.25) is 0 Å². The Morgan fingerprint density at radius 1 is 1.24 bits per heavy atom. The van der Waals surface area contributed by atoms with Crippen molar-refractivity contribution < 1.29 is 9.66 Å². The van der Waals surface area contributed by atoms with Crippen molar-refractivity contribution in [3.63, 3.8) is 0 Å². The first-order valence-electron chi connectivity index (χ1n) is 8.44. The molecule has 0 saturated heterocycles. The average Bonchev–Trinajstić information content (AvgIpc) is 3.10. The maximum atomic E-state index is 11.4. The molecule has 0 unspecified atom stereocenters. The summed E-state index contributed by atoms with van der Waals surface area (Å²) in [4.78, 5) is 11.0. The van der Waals surface area contributed by atoms with E-state index in [0.717, 1.165) is 17.7 Å². The van der Waals surface area contributed by atoms with E-state index in [2.05, 4.69) is 42.6 Å². The van der Waals surface area contributed by atoms with Gasteiger partial charge < -0.3 is 10.1 Å². The molecule has 2 aromatic carbocycles. The predicted octanol–water partition coefficient (Wildman–Crippen LogP) is 4.74. The highest BCUT2D eigenvalue weighted by Crippen LogP contribution is 2.50. The number of benzene rings is 2. The van der Waals surface area contributed by atoms with Gasteiger partial charge in [-0.2, -0.15) is 0 Å². The second kappa shape index (κ2) is 5.92. The van der Waals surface area contributed by atoms with Gasteiger partial charge in [0.05, 0.1) is 18.1 Å². The van der Waals surface area contributed by atoms with Crippen LogP contribution in [-0.4, -0.2) is 12.0 Å². The van der Waals surface area contributed by atoms with Gasteiger partial charge in [-0.1, -0.05) is 35.9 Å². The standard InChI is InChI=1S/C20H20N2O3/c1-12-6-8-17-16(10-12)14-4-3-5-15(14)20(21-17)13-7-9-19(25-2)18(11-13)22(23)24/h3-4,6-11,14-15,20-21H,5H2,1-2H3/t14-,15-,20+/m1/s1. The van der Waals surface area contributed by atoms with Crippen LogP contribution in [0.1, 0.15) is 35.1 Å². The number of nitrogens with one attached hydrogen (secondary N) is 1. The number of aryl methyl sites for hydroxylation is 1. The van der Waals surface area contributed by atoms with Gasteiger partial charge in [0.2, 0.25) is 0 Å². The molecule has 0 amide bonds. The monoisotopic (exact) mass is 336 g/mol. The molecule has 0 saturated carbocycles. The number of anilines is 1. The van der Waals surface area contributed by atoms with E-state index < -0.39 is 0 Å². The second-order valence-corrected chi connectivity index (χ2v) is 6.75. The Hall–Kier alpha value is -2.82. The van der Waals surface area contributed by atoms with Crippen LogP contribution in [0.5, 0.6) is 5.75 Å². The van der Waals surface area contributed by atoms with Gasteiger partial charge in [0.1, 0.15) is 0 Å². The lowest BCUT2D eigenvalue weighted by Crippen LogP contribution is -2.29. The van der Waals surface area contributed by atoms with Crippen molar-refractivity contribution in [2.45, 2.75) is 25.3 Å². The summed E-state index contributed by atoms with van der Waals surface area (Å²) < 4.78 is 5.13. The number of hydrogen-bond acceptors (Lipinski definition) is 4. The van der Waals surface area contributed by atoms with Gasteiger partial charge in [-0.05, 0) is 42.5 Å². The average molecular weight is 336 g/mol. The summed E-state index contributed by atoms with van der Waals surface area (Å²) in [6.45, 7) is 2.10. The Morgan fingerprint density at radius 3 is 2.84 bits per heavy atom. The van der Waals surface area contributed by atoms with Gasteiger partial charge in [-0.25, -0.2) is 0 Å². The van der Waals surface area contributed by atoms with E-state index >= 15 is 0 Å². The zero-order valence-corrected chi connectivity index (χ0v) is 14.2. The minimum atomic E-state index is -0.382. The van der Waals surface area contributed by atoms with Crippen molar-refractivity contribution in [3.05, 3.63) is 75.4 Å². The molecule has 1 N–H and O–H groups in total.